The Bertz CT molecular complexity index is 396. The van der Waals surface area contributed by atoms with E-state index < -0.39 is 17.7 Å². The molecule has 86 valence electrons. The number of ether oxygens (including phenoxy) is 1. The van der Waals surface area contributed by atoms with Gasteiger partial charge in [0.1, 0.15) is 6.61 Å². The molecule has 1 aromatic rings. The largest absolute Gasteiger partial charge is 0.458 e. The molecule has 0 aliphatic heterocycles. The third-order valence-electron chi connectivity index (χ3n) is 1.76. The highest BCUT2D eigenvalue weighted by molar-refractivity contribution is 5.89. The molecule has 0 aliphatic carbocycles. The number of carbonyl (C=O) groups is 1. The fraction of sp³-hybridized carbons (Fsp3) is 0.182. The van der Waals surface area contributed by atoms with Gasteiger partial charge in [-0.05, 0) is 18.2 Å². The van der Waals surface area contributed by atoms with E-state index in [0.29, 0.717) is 0 Å². The number of rotatable bonds is 3. The highest BCUT2D eigenvalue weighted by atomic mass is 19.4. The Morgan fingerprint density at radius 3 is 2.69 bits per heavy atom. The van der Waals surface area contributed by atoms with Gasteiger partial charge in [-0.15, -0.1) is 0 Å². The molecule has 0 saturated heterocycles. The molecule has 0 fully saturated rings. The van der Waals surface area contributed by atoms with Crippen LogP contribution >= 0.6 is 0 Å². The third-order valence-corrected chi connectivity index (χ3v) is 1.76. The summed E-state index contributed by atoms with van der Waals surface area (Å²) in [5.74, 6) is -0.800. The van der Waals surface area contributed by atoms with Gasteiger partial charge in [0.25, 0.3) is 0 Å². The fourth-order valence-electron chi connectivity index (χ4n) is 1.04. The summed E-state index contributed by atoms with van der Waals surface area (Å²) >= 11 is 0. The first-order valence-corrected chi connectivity index (χ1v) is 4.40. The number of alkyl halides is 3. The van der Waals surface area contributed by atoms with Gasteiger partial charge in [-0.3, -0.25) is 0 Å². The first kappa shape index (κ1) is 12.3. The zero-order chi connectivity index (χ0) is 12.2. The Labute approximate surface area is 90.3 Å². The van der Waals surface area contributed by atoms with Crippen LogP contribution in [0.3, 0.4) is 0 Å². The van der Waals surface area contributed by atoms with Crippen LogP contribution in [0.15, 0.2) is 36.9 Å². The molecule has 0 bridgehead atoms. The van der Waals surface area contributed by atoms with Crippen molar-refractivity contribution in [3.8, 4) is 0 Å². The maximum absolute atomic E-state index is 12.3. The fourth-order valence-corrected chi connectivity index (χ4v) is 1.04. The summed E-state index contributed by atoms with van der Waals surface area (Å²) in [6.07, 6.45) is -3.12. The summed E-state index contributed by atoms with van der Waals surface area (Å²) in [5, 5.41) is 0. The number of hydrogen-bond donors (Lipinski definition) is 0. The van der Waals surface area contributed by atoms with E-state index in [1.54, 1.807) is 0 Å². The Morgan fingerprint density at radius 1 is 1.44 bits per heavy atom. The summed E-state index contributed by atoms with van der Waals surface area (Å²) in [4.78, 5) is 11.2. The zero-order valence-corrected chi connectivity index (χ0v) is 8.25. The maximum atomic E-state index is 12.3. The van der Waals surface area contributed by atoms with Gasteiger partial charge in [0.15, 0.2) is 0 Å². The van der Waals surface area contributed by atoms with Gasteiger partial charge in [-0.2, -0.15) is 13.2 Å². The highest BCUT2D eigenvalue weighted by Gasteiger charge is 2.30. The summed E-state index contributed by atoms with van der Waals surface area (Å²) in [6, 6.07) is 4.07. The highest BCUT2D eigenvalue weighted by Crippen LogP contribution is 2.29. The molecule has 0 amide bonds. The van der Waals surface area contributed by atoms with E-state index in [-0.39, 0.29) is 12.2 Å². The van der Waals surface area contributed by atoms with E-state index in [4.69, 9.17) is 0 Å². The molecule has 0 radical (unpaired) electrons. The molecule has 0 aromatic heterocycles. The molecular weight excluding hydrogens is 221 g/mol. The zero-order valence-electron chi connectivity index (χ0n) is 8.25. The monoisotopic (exact) mass is 230 g/mol. The van der Waals surface area contributed by atoms with Gasteiger partial charge in [0.2, 0.25) is 0 Å². The van der Waals surface area contributed by atoms with Crippen LogP contribution in [0.1, 0.15) is 15.9 Å². The van der Waals surface area contributed by atoms with Gasteiger partial charge in [-0.25, -0.2) is 4.79 Å². The molecule has 0 atom stereocenters. The quantitative estimate of drug-likeness (QED) is 0.589. The van der Waals surface area contributed by atoms with Crippen molar-refractivity contribution in [1.29, 1.82) is 0 Å². The smallest absolute Gasteiger partial charge is 0.416 e. The van der Waals surface area contributed by atoms with E-state index in [0.717, 1.165) is 18.2 Å². The summed E-state index contributed by atoms with van der Waals surface area (Å²) in [7, 11) is 0. The van der Waals surface area contributed by atoms with Crippen LogP contribution in [0.5, 0.6) is 0 Å². The first-order valence-electron chi connectivity index (χ1n) is 4.40. The lowest BCUT2D eigenvalue weighted by Crippen LogP contribution is -2.09. The van der Waals surface area contributed by atoms with Crippen molar-refractivity contribution < 1.29 is 22.7 Å². The number of halogens is 3. The SMILES string of the molecule is C=CCOC(=O)c1cccc(C(F)(F)F)c1. The van der Waals surface area contributed by atoms with E-state index >= 15 is 0 Å². The molecular formula is C11H9F3O2. The van der Waals surface area contributed by atoms with Crippen LogP contribution in [0.25, 0.3) is 0 Å². The average molecular weight is 230 g/mol. The van der Waals surface area contributed by atoms with E-state index in [1.807, 2.05) is 0 Å². The van der Waals surface area contributed by atoms with E-state index in [9.17, 15) is 18.0 Å². The standard InChI is InChI=1S/C11H9F3O2/c1-2-6-16-10(15)8-4-3-5-9(7-8)11(12,13)14/h2-5,7H,1,6H2. The van der Waals surface area contributed by atoms with Crippen molar-refractivity contribution in [2.75, 3.05) is 6.61 Å². The molecule has 1 rings (SSSR count). The van der Waals surface area contributed by atoms with Crippen LogP contribution in [0.4, 0.5) is 13.2 Å². The lowest BCUT2D eigenvalue weighted by molar-refractivity contribution is -0.137. The normalized spacial score (nSPS) is 10.9. The lowest BCUT2D eigenvalue weighted by Gasteiger charge is -2.08. The van der Waals surface area contributed by atoms with Crippen LogP contribution in [0, 0.1) is 0 Å². The van der Waals surface area contributed by atoms with Crippen molar-refractivity contribution in [3.05, 3.63) is 48.0 Å². The number of hydrogen-bond acceptors (Lipinski definition) is 2. The second-order valence-corrected chi connectivity index (χ2v) is 2.97. The number of esters is 1. The van der Waals surface area contributed by atoms with Gasteiger partial charge in [0, 0.05) is 0 Å². The first-order chi connectivity index (χ1) is 7.45. The molecule has 0 N–H and O–H groups in total. The summed E-state index contributed by atoms with van der Waals surface area (Å²) < 4.78 is 41.6. The molecule has 5 heteroatoms. The van der Waals surface area contributed by atoms with Gasteiger partial charge < -0.3 is 4.74 Å². The summed E-state index contributed by atoms with van der Waals surface area (Å²) in [6.45, 7) is 3.29. The van der Waals surface area contributed by atoms with Crippen molar-refractivity contribution >= 4 is 5.97 Å². The topological polar surface area (TPSA) is 26.3 Å². The molecule has 0 saturated carbocycles. The average Bonchev–Trinajstić information content (AvgIpc) is 2.25. The van der Waals surface area contributed by atoms with E-state index in [2.05, 4.69) is 11.3 Å². The van der Waals surface area contributed by atoms with Crippen molar-refractivity contribution in [2.45, 2.75) is 6.18 Å². The molecule has 2 nitrogen and oxygen atoms in total. The number of carbonyl (C=O) groups excluding carboxylic acids is 1. The van der Waals surface area contributed by atoms with Gasteiger partial charge >= 0.3 is 12.1 Å². The molecule has 1 aromatic carbocycles. The van der Waals surface area contributed by atoms with Gasteiger partial charge in [-0.1, -0.05) is 18.7 Å². The molecule has 0 unspecified atom stereocenters. The van der Waals surface area contributed by atoms with Crippen molar-refractivity contribution in [1.82, 2.24) is 0 Å². The number of benzene rings is 1. The minimum atomic E-state index is -4.46. The Kier molecular flexibility index (Phi) is 3.71. The van der Waals surface area contributed by atoms with Crippen LogP contribution < -0.4 is 0 Å². The molecule has 0 heterocycles. The lowest BCUT2D eigenvalue weighted by atomic mass is 10.1. The van der Waals surface area contributed by atoms with Crippen LogP contribution in [-0.2, 0) is 10.9 Å². The third kappa shape index (κ3) is 3.12. The molecule has 16 heavy (non-hydrogen) atoms. The second kappa shape index (κ2) is 4.83. The molecule has 0 aliphatic rings. The van der Waals surface area contributed by atoms with Crippen molar-refractivity contribution in [3.63, 3.8) is 0 Å². The predicted molar refractivity (Wildman–Crippen MR) is 51.9 cm³/mol. The Balaban J connectivity index is 2.90. The minimum Gasteiger partial charge on any atom is -0.458 e. The predicted octanol–water partition coefficient (Wildman–Crippen LogP) is 3.05. The maximum Gasteiger partial charge on any atom is 0.416 e. The van der Waals surface area contributed by atoms with Crippen molar-refractivity contribution in [2.24, 2.45) is 0 Å². The Hall–Kier alpha value is -1.78. The van der Waals surface area contributed by atoms with Gasteiger partial charge in [0.05, 0.1) is 11.1 Å². The van der Waals surface area contributed by atoms with Crippen LogP contribution in [0.2, 0.25) is 0 Å². The second-order valence-electron chi connectivity index (χ2n) is 2.97. The minimum absolute atomic E-state index is 0.0327. The van der Waals surface area contributed by atoms with Crippen LogP contribution in [-0.4, -0.2) is 12.6 Å². The Morgan fingerprint density at radius 2 is 2.12 bits per heavy atom. The summed E-state index contributed by atoms with van der Waals surface area (Å²) in [5.41, 5.74) is -1.00. The molecule has 0 spiro atoms. The van der Waals surface area contributed by atoms with E-state index in [1.165, 1.54) is 12.1 Å².